The summed E-state index contributed by atoms with van der Waals surface area (Å²) in [5, 5.41) is 1.70. The molecule has 0 amide bonds. The zero-order valence-corrected chi connectivity index (χ0v) is 11.1. The Morgan fingerprint density at radius 3 is 1.88 bits per heavy atom. The molecule has 1 aromatic rings. The van der Waals surface area contributed by atoms with Crippen LogP contribution in [0, 0.1) is 13.8 Å². The summed E-state index contributed by atoms with van der Waals surface area (Å²) in [4.78, 5) is 5.64. The Balaban J connectivity index is 3.18. The molecule has 90 valence electrons. The molecule has 0 atom stereocenters. The highest BCUT2D eigenvalue weighted by Gasteiger charge is 2.17. The molecule has 3 nitrogen and oxygen atoms in total. The first-order valence-corrected chi connectivity index (χ1v) is 5.47. The summed E-state index contributed by atoms with van der Waals surface area (Å²) in [6.45, 7) is 8.10. The van der Waals surface area contributed by atoms with E-state index in [4.69, 9.17) is 10.6 Å². The number of aryl methyl sites for hydroxylation is 2. The highest BCUT2D eigenvalue weighted by atomic mass is 16.7. The van der Waals surface area contributed by atoms with Gasteiger partial charge in [-0.15, -0.1) is 0 Å². The number of rotatable bonds is 3. The van der Waals surface area contributed by atoms with Gasteiger partial charge < -0.3 is 10.6 Å². The first kappa shape index (κ1) is 13.0. The molecule has 2 N–H and O–H groups in total. The summed E-state index contributed by atoms with van der Waals surface area (Å²) in [5.74, 6) is 0.915. The van der Waals surface area contributed by atoms with Gasteiger partial charge >= 0.3 is 0 Å². The second-order valence-corrected chi connectivity index (χ2v) is 5.06. The van der Waals surface area contributed by atoms with Gasteiger partial charge in [-0.05, 0) is 44.4 Å². The first-order valence-electron chi connectivity index (χ1n) is 5.47. The van der Waals surface area contributed by atoms with Crippen molar-refractivity contribution in [3.05, 3.63) is 28.8 Å². The summed E-state index contributed by atoms with van der Waals surface area (Å²) in [7, 11) is 3.75. The third kappa shape index (κ3) is 2.97. The van der Waals surface area contributed by atoms with Crippen LogP contribution in [0.15, 0.2) is 12.1 Å². The largest absolute Gasteiger partial charge is 0.406 e. The monoisotopic (exact) mass is 222 g/mol. The van der Waals surface area contributed by atoms with Crippen LogP contribution in [0.4, 0.5) is 0 Å². The van der Waals surface area contributed by atoms with E-state index in [1.54, 1.807) is 5.06 Å². The molecule has 1 rings (SSSR count). The molecule has 0 radical (unpaired) electrons. The lowest BCUT2D eigenvalue weighted by atomic mass is 9.92. The van der Waals surface area contributed by atoms with Crippen molar-refractivity contribution in [2.75, 3.05) is 14.1 Å². The van der Waals surface area contributed by atoms with Crippen molar-refractivity contribution >= 4 is 0 Å². The average molecular weight is 222 g/mol. The minimum absolute atomic E-state index is 0.313. The summed E-state index contributed by atoms with van der Waals surface area (Å²) < 4.78 is 0. The van der Waals surface area contributed by atoms with E-state index in [0.29, 0.717) is 0 Å². The third-order valence-corrected chi connectivity index (χ3v) is 2.48. The molecule has 0 aliphatic rings. The maximum Gasteiger partial charge on any atom is 0.153 e. The second-order valence-electron chi connectivity index (χ2n) is 5.06. The number of nitrogens with zero attached hydrogens (tertiary/aromatic N) is 1. The van der Waals surface area contributed by atoms with Gasteiger partial charge in [0, 0.05) is 19.6 Å². The lowest BCUT2D eigenvalue weighted by Gasteiger charge is -2.23. The van der Waals surface area contributed by atoms with Crippen LogP contribution in [-0.2, 0) is 5.54 Å². The second kappa shape index (κ2) is 4.44. The number of benzene rings is 1. The van der Waals surface area contributed by atoms with Crippen LogP contribution in [-0.4, -0.2) is 19.2 Å². The van der Waals surface area contributed by atoms with Crippen molar-refractivity contribution in [3.63, 3.8) is 0 Å². The van der Waals surface area contributed by atoms with Crippen LogP contribution < -0.4 is 10.6 Å². The van der Waals surface area contributed by atoms with Gasteiger partial charge in [-0.1, -0.05) is 12.1 Å². The Kier molecular flexibility index (Phi) is 3.61. The van der Waals surface area contributed by atoms with E-state index in [2.05, 4.69) is 12.1 Å². The average Bonchev–Trinajstić information content (AvgIpc) is 2.09. The van der Waals surface area contributed by atoms with Crippen LogP contribution in [0.25, 0.3) is 0 Å². The fourth-order valence-electron chi connectivity index (χ4n) is 1.65. The van der Waals surface area contributed by atoms with Gasteiger partial charge in [-0.2, -0.15) is 5.06 Å². The zero-order chi connectivity index (χ0) is 12.5. The molecule has 0 heterocycles. The smallest absolute Gasteiger partial charge is 0.153 e. The lowest BCUT2D eigenvalue weighted by Crippen LogP contribution is -2.29. The van der Waals surface area contributed by atoms with Crippen molar-refractivity contribution < 1.29 is 4.84 Å². The van der Waals surface area contributed by atoms with E-state index >= 15 is 0 Å². The highest BCUT2D eigenvalue weighted by Crippen LogP contribution is 2.29. The summed E-state index contributed by atoms with van der Waals surface area (Å²) in [6, 6.07) is 4.18. The molecule has 0 aliphatic heterocycles. The molecule has 1 aromatic carbocycles. The highest BCUT2D eigenvalue weighted by molar-refractivity contribution is 5.44. The molecule has 0 saturated carbocycles. The molecule has 0 fully saturated rings. The maximum atomic E-state index is 6.09. The van der Waals surface area contributed by atoms with Gasteiger partial charge in [-0.3, -0.25) is 0 Å². The van der Waals surface area contributed by atoms with Gasteiger partial charge in [0.15, 0.2) is 5.75 Å². The quantitative estimate of drug-likeness (QED) is 0.798. The Morgan fingerprint density at radius 2 is 1.56 bits per heavy atom. The molecule has 0 aliphatic carbocycles. The Bertz CT molecular complexity index is 355. The van der Waals surface area contributed by atoms with E-state index in [1.165, 1.54) is 0 Å². The van der Waals surface area contributed by atoms with Crippen LogP contribution in [0.2, 0.25) is 0 Å². The normalized spacial score (nSPS) is 12.0. The third-order valence-electron chi connectivity index (χ3n) is 2.48. The van der Waals surface area contributed by atoms with Crippen molar-refractivity contribution in [1.29, 1.82) is 0 Å². The number of hydroxylamine groups is 2. The first-order chi connectivity index (χ1) is 7.21. The van der Waals surface area contributed by atoms with Crippen molar-refractivity contribution in [1.82, 2.24) is 5.06 Å². The fourth-order valence-corrected chi connectivity index (χ4v) is 1.65. The van der Waals surface area contributed by atoms with Gasteiger partial charge in [0.25, 0.3) is 0 Å². The molecule has 3 heteroatoms. The van der Waals surface area contributed by atoms with Gasteiger partial charge in [0.2, 0.25) is 0 Å². The van der Waals surface area contributed by atoms with E-state index < -0.39 is 0 Å². The Hall–Kier alpha value is -1.06. The van der Waals surface area contributed by atoms with Crippen LogP contribution in [0.1, 0.15) is 30.5 Å². The van der Waals surface area contributed by atoms with Crippen molar-refractivity contribution in [2.24, 2.45) is 5.73 Å². The predicted molar refractivity (Wildman–Crippen MR) is 67.4 cm³/mol. The Labute approximate surface area is 98.2 Å². The zero-order valence-electron chi connectivity index (χ0n) is 11.1. The molecule has 0 saturated heterocycles. The molecule has 0 spiro atoms. The van der Waals surface area contributed by atoms with Gasteiger partial charge in [0.1, 0.15) is 0 Å². The van der Waals surface area contributed by atoms with E-state index in [0.717, 1.165) is 22.4 Å². The van der Waals surface area contributed by atoms with E-state index in [-0.39, 0.29) is 5.54 Å². The van der Waals surface area contributed by atoms with Gasteiger partial charge in [0.05, 0.1) is 0 Å². The molecular weight excluding hydrogens is 200 g/mol. The van der Waals surface area contributed by atoms with E-state index in [1.807, 2.05) is 41.8 Å². The summed E-state index contributed by atoms with van der Waals surface area (Å²) in [6.07, 6.45) is 0. The summed E-state index contributed by atoms with van der Waals surface area (Å²) in [5.41, 5.74) is 9.14. The molecule has 0 aromatic heterocycles. The molecular formula is C13H22N2O. The predicted octanol–water partition coefficient (Wildman–Crippen LogP) is 2.35. The maximum absolute atomic E-state index is 6.09. The minimum atomic E-state index is -0.313. The Morgan fingerprint density at radius 1 is 1.12 bits per heavy atom. The number of nitrogens with two attached hydrogens (primary N) is 1. The topological polar surface area (TPSA) is 38.5 Å². The number of hydrogen-bond donors (Lipinski definition) is 1. The lowest BCUT2D eigenvalue weighted by molar-refractivity contribution is -0.00479. The number of hydrogen-bond acceptors (Lipinski definition) is 3. The van der Waals surface area contributed by atoms with E-state index in [9.17, 15) is 0 Å². The molecule has 0 bridgehead atoms. The van der Waals surface area contributed by atoms with Crippen molar-refractivity contribution in [3.8, 4) is 5.75 Å². The van der Waals surface area contributed by atoms with Crippen LogP contribution >= 0.6 is 0 Å². The SMILES string of the molecule is Cc1cc(C(C)(C)N)cc(C)c1ON(C)C. The molecule has 16 heavy (non-hydrogen) atoms. The fraction of sp³-hybridized carbons (Fsp3) is 0.538. The van der Waals surface area contributed by atoms with Gasteiger partial charge in [-0.25, -0.2) is 0 Å². The van der Waals surface area contributed by atoms with Crippen LogP contribution in [0.5, 0.6) is 5.75 Å². The summed E-state index contributed by atoms with van der Waals surface area (Å²) >= 11 is 0. The van der Waals surface area contributed by atoms with Crippen LogP contribution in [0.3, 0.4) is 0 Å². The minimum Gasteiger partial charge on any atom is -0.406 e. The molecule has 0 unspecified atom stereocenters. The van der Waals surface area contributed by atoms with Crippen molar-refractivity contribution in [2.45, 2.75) is 33.2 Å². The standard InChI is InChI=1S/C13H22N2O/c1-9-7-11(13(3,4)14)8-10(2)12(9)16-15(5)6/h7-8H,14H2,1-6H3.